The molecule has 40 heavy (non-hydrogen) atoms. The topological polar surface area (TPSA) is 92.3 Å². The summed E-state index contributed by atoms with van der Waals surface area (Å²) in [7, 11) is 0. The molecule has 2 N–H and O–H groups in total. The number of nitrogen functional groups attached to an aromatic ring is 1. The smallest absolute Gasteiger partial charge is 0.310 e. The maximum absolute atomic E-state index is 12.2. The maximum Gasteiger partial charge on any atom is 0.310 e. The first-order valence-electron chi connectivity index (χ1n) is 14.1. The highest BCUT2D eigenvalue weighted by atomic mass is 16.5. The summed E-state index contributed by atoms with van der Waals surface area (Å²) in [5, 5.41) is 8.20. The molecule has 0 bridgehead atoms. The average Bonchev–Trinajstić information content (AvgIpc) is 3.35. The Labute approximate surface area is 233 Å². The van der Waals surface area contributed by atoms with Crippen LogP contribution >= 0.6 is 0 Å². The van der Waals surface area contributed by atoms with Gasteiger partial charge in [0.05, 0.1) is 24.6 Å². The number of nitrogens with zero attached hydrogens (tertiary/aromatic N) is 3. The first-order valence-corrected chi connectivity index (χ1v) is 14.1. The van der Waals surface area contributed by atoms with Gasteiger partial charge in [0.15, 0.2) is 0 Å². The molecule has 1 saturated carbocycles. The number of carbonyl (C=O) groups is 1. The van der Waals surface area contributed by atoms with E-state index in [0.29, 0.717) is 30.8 Å². The van der Waals surface area contributed by atoms with Gasteiger partial charge in [-0.25, -0.2) is 4.98 Å². The van der Waals surface area contributed by atoms with E-state index >= 15 is 0 Å². The second kappa shape index (κ2) is 11.4. The second-order valence-electron chi connectivity index (χ2n) is 10.4. The number of aromatic nitrogens is 3. The van der Waals surface area contributed by atoms with Crippen molar-refractivity contribution >= 4 is 33.5 Å². The third kappa shape index (κ3) is 5.24. The van der Waals surface area contributed by atoms with Gasteiger partial charge in [0.2, 0.25) is 0 Å². The van der Waals surface area contributed by atoms with E-state index in [1.165, 1.54) is 19.3 Å². The van der Waals surface area contributed by atoms with Crippen molar-refractivity contribution in [1.29, 1.82) is 0 Å². The molecule has 204 valence electrons. The van der Waals surface area contributed by atoms with Gasteiger partial charge in [-0.2, -0.15) is 5.10 Å². The highest BCUT2D eigenvalue weighted by Gasteiger charge is 2.21. The zero-order valence-corrected chi connectivity index (χ0v) is 22.8. The Hall–Kier alpha value is -4.39. The van der Waals surface area contributed by atoms with Gasteiger partial charge in [-0.15, -0.1) is 0 Å². The number of rotatable bonds is 8. The van der Waals surface area contributed by atoms with Gasteiger partial charge in [0.1, 0.15) is 23.9 Å². The van der Waals surface area contributed by atoms with Crippen molar-refractivity contribution in [2.24, 2.45) is 0 Å². The van der Waals surface area contributed by atoms with Gasteiger partial charge in [-0.1, -0.05) is 55.7 Å². The summed E-state index contributed by atoms with van der Waals surface area (Å²) < 4.78 is 13.7. The lowest BCUT2D eigenvalue weighted by atomic mass is 9.95. The number of carbonyl (C=O) groups excluding carboxylic acids is 1. The summed E-state index contributed by atoms with van der Waals surface area (Å²) in [4.78, 5) is 16.4. The van der Waals surface area contributed by atoms with E-state index in [1.54, 1.807) is 6.20 Å². The van der Waals surface area contributed by atoms with Crippen LogP contribution in [0.1, 0.15) is 56.3 Å². The number of nitrogens with two attached hydrogens (primary N) is 1. The number of benzene rings is 3. The summed E-state index contributed by atoms with van der Waals surface area (Å²) >= 11 is 0. The monoisotopic (exact) mass is 534 g/mol. The Morgan fingerprint density at radius 3 is 2.58 bits per heavy atom. The lowest BCUT2D eigenvalue weighted by Crippen LogP contribution is -2.14. The number of esters is 1. The van der Waals surface area contributed by atoms with Crippen molar-refractivity contribution in [1.82, 2.24) is 14.8 Å². The molecule has 0 radical (unpaired) electrons. The quantitative estimate of drug-likeness (QED) is 0.215. The molecule has 0 unspecified atom stereocenters. The van der Waals surface area contributed by atoms with Crippen LogP contribution in [0.25, 0.3) is 32.8 Å². The van der Waals surface area contributed by atoms with E-state index in [4.69, 9.17) is 20.3 Å². The van der Waals surface area contributed by atoms with E-state index in [-0.39, 0.29) is 12.4 Å². The third-order valence-electron chi connectivity index (χ3n) is 7.81. The van der Waals surface area contributed by atoms with Crippen molar-refractivity contribution < 1.29 is 14.3 Å². The van der Waals surface area contributed by atoms with Gasteiger partial charge in [0.25, 0.3) is 0 Å². The van der Waals surface area contributed by atoms with Crippen molar-refractivity contribution in [2.75, 3.05) is 12.3 Å². The molecule has 3 aromatic carbocycles. The molecule has 1 aliphatic carbocycles. The van der Waals surface area contributed by atoms with Gasteiger partial charge in [-0.05, 0) is 66.6 Å². The summed E-state index contributed by atoms with van der Waals surface area (Å²) in [5.41, 5.74) is 11.2. The molecule has 5 aromatic rings. The molecule has 1 fully saturated rings. The van der Waals surface area contributed by atoms with E-state index in [9.17, 15) is 4.79 Å². The van der Waals surface area contributed by atoms with Crippen molar-refractivity contribution in [2.45, 2.75) is 58.1 Å². The molecule has 7 heteroatoms. The fourth-order valence-electron chi connectivity index (χ4n) is 5.77. The highest BCUT2D eigenvalue weighted by molar-refractivity contribution is 5.95. The average molecular weight is 535 g/mol. The first kappa shape index (κ1) is 25.9. The SMILES string of the molecule is CCOC(=O)Cc1ccccc1OCc1nn(C2CCCCC2)c2ccc(-c3ccc4ccnc(N)c4c3)cc12. The molecule has 7 nitrogen and oxygen atoms in total. The van der Waals surface area contributed by atoms with Crippen LogP contribution in [0.4, 0.5) is 5.82 Å². The summed E-state index contributed by atoms with van der Waals surface area (Å²) in [6, 6.07) is 22.9. The second-order valence-corrected chi connectivity index (χ2v) is 10.4. The first-order chi connectivity index (χ1) is 19.6. The van der Waals surface area contributed by atoms with Gasteiger partial charge < -0.3 is 15.2 Å². The Kier molecular flexibility index (Phi) is 7.36. The van der Waals surface area contributed by atoms with Crippen molar-refractivity contribution in [3.8, 4) is 16.9 Å². The van der Waals surface area contributed by atoms with Crippen LogP contribution in [-0.4, -0.2) is 27.3 Å². The number of ether oxygens (including phenoxy) is 2. The van der Waals surface area contributed by atoms with Gasteiger partial charge >= 0.3 is 5.97 Å². The molecule has 2 aromatic heterocycles. The van der Waals surface area contributed by atoms with Crippen LogP contribution in [0.15, 0.2) is 72.9 Å². The predicted octanol–water partition coefficient (Wildman–Crippen LogP) is 7.02. The number of para-hydroxylation sites is 1. The number of pyridine rings is 1. The molecule has 0 saturated heterocycles. The van der Waals surface area contributed by atoms with Crippen LogP contribution < -0.4 is 10.5 Å². The maximum atomic E-state index is 12.2. The van der Waals surface area contributed by atoms with E-state index in [2.05, 4.69) is 46.1 Å². The minimum atomic E-state index is -0.263. The molecule has 1 aliphatic rings. The number of hydrogen-bond acceptors (Lipinski definition) is 6. The van der Waals surface area contributed by atoms with Crippen LogP contribution in [0.2, 0.25) is 0 Å². The highest BCUT2D eigenvalue weighted by Crippen LogP contribution is 2.35. The molecule has 2 heterocycles. The zero-order valence-electron chi connectivity index (χ0n) is 22.8. The van der Waals surface area contributed by atoms with Crippen LogP contribution in [0, 0.1) is 0 Å². The van der Waals surface area contributed by atoms with E-state index < -0.39 is 0 Å². The van der Waals surface area contributed by atoms with Crippen LogP contribution in [-0.2, 0) is 22.6 Å². The van der Waals surface area contributed by atoms with E-state index in [0.717, 1.165) is 56.9 Å². The fourth-order valence-corrected chi connectivity index (χ4v) is 5.77. The Morgan fingerprint density at radius 2 is 1.75 bits per heavy atom. The minimum absolute atomic E-state index is 0.172. The molecule has 0 spiro atoms. The summed E-state index contributed by atoms with van der Waals surface area (Å²) in [6.45, 7) is 2.47. The van der Waals surface area contributed by atoms with Crippen molar-refractivity contribution in [3.05, 3.63) is 84.2 Å². The van der Waals surface area contributed by atoms with Crippen molar-refractivity contribution in [3.63, 3.8) is 0 Å². The lowest BCUT2D eigenvalue weighted by molar-refractivity contribution is -0.142. The Bertz CT molecular complexity index is 1670. The normalized spacial score (nSPS) is 14.0. The number of fused-ring (bicyclic) bond motifs is 2. The largest absolute Gasteiger partial charge is 0.487 e. The number of anilines is 1. The predicted molar refractivity (Wildman–Crippen MR) is 158 cm³/mol. The molecular weight excluding hydrogens is 500 g/mol. The van der Waals surface area contributed by atoms with Gasteiger partial charge in [-0.3, -0.25) is 9.48 Å². The number of hydrogen-bond donors (Lipinski definition) is 1. The Morgan fingerprint density at radius 1 is 0.975 bits per heavy atom. The van der Waals surface area contributed by atoms with Crippen LogP contribution in [0.3, 0.4) is 0 Å². The fraction of sp³-hybridized carbons (Fsp3) is 0.303. The van der Waals surface area contributed by atoms with Crippen LogP contribution in [0.5, 0.6) is 5.75 Å². The standard InChI is InChI=1S/C33H34N4O3/c1-2-39-32(38)20-25-8-6-7-11-31(25)40-21-29-28-19-24(23-13-12-22-16-17-35-33(34)27(22)18-23)14-15-30(28)37(36-29)26-9-4-3-5-10-26/h6-8,11-19,26H,2-5,9-10,20-21H2,1H3,(H2,34,35). The minimum Gasteiger partial charge on any atom is -0.487 e. The zero-order chi connectivity index (χ0) is 27.5. The third-order valence-corrected chi connectivity index (χ3v) is 7.81. The molecule has 6 rings (SSSR count). The summed E-state index contributed by atoms with van der Waals surface area (Å²) in [6.07, 6.45) is 7.92. The van der Waals surface area contributed by atoms with Gasteiger partial charge in [0, 0.05) is 22.5 Å². The molecule has 0 amide bonds. The lowest BCUT2D eigenvalue weighted by Gasteiger charge is -2.22. The Balaban J connectivity index is 1.37. The van der Waals surface area contributed by atoms with E-state index in [1.807, 2.05) is 37.3 Å². The molecule has 0 aliphatic heterocycles. The molecule has 0 atom stereocenters. The summed E-state index contributed by atoms with van der Waals surface area (Å²) in [5.74, 6) is 0.937. The molecular formula is C33H34N4O3.